The van der Waals surface area contributed by atoms with Crippen molar-refractivity contribution in [1.29, 1.82) is 0 Å². The Hall–Kier alpha value is -0.534. The zero-order valence-corrected chi connectivity index (χ0v) is 9.32. The maximum absolute atomic E-state index is 2.30. The molecule has 0 aromatic heterocycles. The first-order valence-corrected chi connectivity index (χ1v) is 5.17. The van der Waals surface area contributed by atoms with Gasteiger partial charge >= 0.3 is 0 Å². The minimum absolute atomic E-state index is 0. The second-order valence-corrected chi connectivity index (χ2v) is 3.71. The predicted octanol–water partition coefficient (Wildman–Crippen LogP) is 3.78. The number of rotatable bonds is 1. The molecule has 0 spiro atoms. The summed E-state index contributed by atoms with van der Waals surface area (Å²) in [7, 11) is 0. The van der Waals surface area contributed by atoms with E-state index in [0.717, 1.165) is 0 Å². The molecule has 1 radical (unpaired) electrons. The third-order valence-corrected chi connectivity index (χ3v) is 2.71. The topological polar surface area (TPSA) is 0 Å². The molecule has 0 bridgehead atoms. The molecular formula is C13H16Co. The van der Waals surface area contributed by atoms with Crippen LogP contribution in [-0.2, 0) is 16.8 Å². The largest absolute Gasteiger partial charge is 0.0845 e. The molecule has 0 saturated heterocycles. The van der Waals surface area contributed by atoms with Gasteiger partial charge in [-0.25, -0.2) is 0 Å². The molecule has 0 aromatic carbocycles. The molecule has 1 heteroatoms. The van der Waals surface area contributed by atoms with Crippen molar-refractivity contribution in [1.82, 2.24) is 0 Å². The molecule has 0 nitrogen and oxygen atoms in total. The summed E-state index contributed by atoms with van der Waals surface area (Å²) in [6, 6.07) is 0. The van der Waals surface area contributed by atoms with Crippen LogP contribution in [0.15, 0.2) is 48.1 Å². The molecule has 0 atom stereocenters. The molecule has 0 aliphatic heterocycles. The minimum Gasteiger partial charge on any atom is -0.0845 e. The van der Waals surface area contributed by atoms with Crippen LogP contribution in [0.2, 0.25) is 0 Å². The van der Waals surface area contributed by atoms with Gasteiger partial charge in [-0.15, -0.1) is 0 Å². The van der Waals surface area contributed by atoms with Gasteiger partial charge in [0.2, 0.25) is 0 Å². The van der Waals surface area contributed by atoms with Crippen LogP contribution in [0, 0.1) is 5.92 Å². The monoisotopic (exact) mass is 231 g/mol. The summed E-state index contributed by atoms with van der Waals surface area (Å²) >= 11 is 0. The molecular weight excluding hydrogens is 215 g/mol. The molecule has 0 heterocycles. The summed E-state index contributed by atoms with van der Waals surface area (Å²) in [6.07, 6.45) is 20.8. The summed E-state index contributed by atoms with van der Waals surface area (Å²) in [4.78, 5) is 0. The molecule has 2 aliphatic rings. The average molecular weight is 231 g/mol. The van der Waals surface area contributed by atoms with Crippen molar-refractivity contribution in [2.24, 2.45) is 5.92 Å². The van der Waals surface area contributed by atoms with Crippen LogP contribution in [0.4, 0.5) is 0 Å². The molecule has 2 rings (SSSR count). The summed E-state index contributed by atoms with van der Waals surface area (Å²) in [5.74, 6) is 0.586. The van der Waals surface area contributed by atoms with Gasteiger partial charge in [0.25, 0.3) is 0 Å². The van der Waals surface area contributed by atoms with Gasteiger partial charge in [0, 0.05) is 22.7 Å². The quantitative estimate of drug-likeness (QED) is 0.644. The van der Waals surface area contributed by atoms with Gasteiger partial charge in [0.1, 0.15) is 0 Å². The van der Waals surface area contributed by atoms with E-state index in [1.54, 1.807) is 5.57 Å². The number of allylic oxidation sites excluding steroid dienone is 8. The first-order chi connectivity index (χ1) is 6.47. The van der Waals surface area contributed by atoms with Gasteiger partial charge in [-0.3, -0.25) is 0 Å². The summed E-state index contributed by atoms with van der Waals surface area (Å²) in [5.41, 5.74) is 1.57. The zero-order valence-electron chi connectivity index (χ0n) is 8.28. The van der Waals surface area contributed by atoms with Crippen LogP contribution in [0.5, 0.6) is 0 Å². The minimum atomic E-state index is 0. The van der Waals surface area contributed by atoms with Crippen molar-refractivity contribution < 1.29 is 16.8 Å². The Morgan fingerprint density at radius 1 is 1.00 bits per heavy atom. The van der Waals surface area contributed by atoms with Gasteiger partial charge < -0.3 is 0 Å². The van der Waals surface area contributed by atoms with E-state index >= 15 is 0 Å². The Bertz CT molecular complexity index is 270. The Labute approximate surface area is 96.7 Å². The fourth-order valence-electron chi connectivity index (χ4n) is 1.92. The van der Waals surface area contributed by atoms with E-state index in [2.05, 4.69) is 42.5 Å². The van der Waals surface area contributed by atoms with Crippen LogP contribution in [-0.4, -0.2) is 0 Å². The maximum atomic E-state index is 2.30. The molecule has 0 aromatic rings. The van der Waals surface area contributed by atoms with E-state index in [-0.39, 0.29) is 16.8 Å². The molecule has 77 valence electrons. The van der Waals surface area contributed by atoms with E-state index in [4.69, 9.17) is 0 Å². The second-order valence-electron chi connectivity index (χ2n) is 3.71. The van der Waals surface area contributed by atoms with Gasteiger partial charge in [-0.1, -0.05) is 48.1 Å². The van der Waals surface area contributed by atoms with Crippen molar-refractivity contribution >= 4 is 0 Å². The van der Waals surface area contributed by atoms with Crippen molar-refractivity contribution in [3.05, 3.63) is 48.1 Å². The fourth-order valence-corrected chi connectivity index (χ4v) is 1.92. The Kier molecular flexibility index (Phi) is 4.98. The van der Waals surface area contributed by atoms with E-state index in [1.165, 1.54) is 25.7 Å². The molecule has 2 aliphatic carbocycles. The standard InChI is InChI=1S/C13H16.Co/c1-2-4-8-12(9-5-3-1)13-10-6-7-11-13;/h2,4,6-8,10-11,13H,1,3,5,9H2;. The van der Waals surface area contributed by atoms with Gasteiger partial charge in [0.05, 0.1) is 0 Å². The third kappa shape index (κ3) is 3.00. The second kappa shape index (κ2) is 6.05. The zero-order chi connectivity index (χ0) is 8.93. The fraction of sp³-hybridized carbons (Fsp3) is 0.385. The molecule has 0 saturated carbocycles. The van der Waals surface area contributed by atoms with E-state index < -0.39 is 0 Å². The summed E-state index contributed by atoms with van der Waals surface area (Å²) in [6.45, 7) is 0. The first-order valence-electron chi connectivity index (χ1n) is 5.17. The van der Waals surface area contributed by atoms with Gasteiger partial charge in [0.15, 0.2) is 0 Å². The Morgan fingerprint density at radius 2 is 1.79 bits per heavy atom. The Balaban J connectivity index is 0.000000980. The first kappa shape index (κ1) is 11.5. The van der Waals surface area contributed by atoms with Gasteiger partial charge in [-0.2, -0.15) is 0 Å². The van der Waals surface area contributed by atoms with Crippen molar-refractivity contribution in [3.63, 3.8) is 0 Å². The van der Waals surface area contributed by atoms with Crippen LogP contribution < -0.4 is 0 Å². The predicted molar refractivity (Wildman–Crippen MR) is 57.5 cm³/mol. The summed E-state index contributed by atoms with van der Waals surface area (Å²) in [5, 5.41) is 0. The van der Waals surface area contributed by atoms with Crippen LogP contribution >= 0.6 is 0 Å². The van der Waals surface area contributed by atoms with Crippen molar-refractivity contribution in [2.45, 2.75) is 25.7 Å². The third-order valence-electron chi connectivity index (χ3n) is 2.71. The average Bonchev–Trinajstić information content (AvgIpc) is 2.55. The van der Waals surface area contributed by atoms with E-state index in [0.29, 0.717) is 5.92 Å². The molecule has 14 heavy (non-hydrogen) atoms. The maximum Gasteiger partial charge on any atom is 0.0166 e. The van der Waals surface area contributed by atoms with E-state index in [9.17, 15) is 0 Å². The molecule has 0 amide bonds. The normalized spacial score (nSPS) is 21.3. The van der Waals surface area contributed by atoms with Crippen LogP contribution in [0.1, 0.15) is 25.7 Å². The molecule has 0 N–H and O–H groups in total. The van der Waals surface area contributed by atoms with Crippen molar-refractivity contribution in [3.8, 4) is 0 Å². The van der Waals surface area contributed by atoms with Gasteiger partial charge in [-0.05, 0) is 25.7 Å². The van der Waals surface area contributed by atoms with Crippen LogP contribution in [0.25, 0.3) is 0 Å². The summed E-state index contributed by atoms with van der Waals surface area (Å²) < 4.78 is 0. The van der Waals surface area contributed by atoms with Crippen molar-refractivity contribution in [2.75, 3.05) is 0 Å². The Morgan fingerprint density at radius 3 is 2.57 bits per heavy atom. The molecule has 0 unspecified atom stereocenters. The number of hydrogen-bond donors (Lipinski definition) is 0. The van der Waals surface area contributed by atoms with Crippen LogP contribution in [0.3, 0.4) is 0 Å². The number of hydrogen-bond acceptors (Lipinski definition) is 0. The SMILES string of the molecule is C1=CCCCCC(C2C=CC=C2)=C1.[Co]. The smallest absolute Gasteiger partial charge is 0.0166 e. The van der Waals surface area contributed by atoms with E-state index in [1.807, 2.05) is 0 Å². The molecule has 0 fully saturated rings.